The van der Waals surface area contributed by atoms with Gasteiger partial charge in [0.2, 0.25) is 11.8 Å². The fraction of sp³-hybridized carbons (Fsp3) is 0.375. The number of benzene rings is 2. The van der Waals surface area contributed by atoms with Crippen molar-refractivity contribution < 1.29 is 14.4 Å². The second-order valence-corrected chi connectivity index (χ2v) is 9.02. The van der Waals surface area contributed by atoms with Crippen molar-refractivity contribution in [1.82, 2.24) is 4.90 Å². The summed E-state index contributed by atoms with van der Waals surface area (Å²) < 4.78 is 0. The summed E-state index contributed by atoms with van der Waals surface area (Å²) in [4.78, 5) is 43.4. The van der Waals surface area contributed by atoms with Crippen LogP contribution in [0.15, 0.2) is 53.4 Å². The van der Waals surface area contributed by atoms with E-state index in [4.69, 9.17) is 0 Å². The number of para-hydroxylation sites is 1. The van der Waals surface area contributed by atoms with E-state index in [9.17, 15) is 14.4 Å². The molecular weight excluding hydrogens is 410 g/mol. The molecule has 1 atom stereocenters. The third kappa shape index (κ3) is 4.77. The SMILES string of the molecule is CCc1cccc(NC(=O)CN2C(=O)C(C(=O)N3CCCCC3)Sc3ccccc32)c1. The van der Waals surface area contributed by atoms with Crippen molar-refractivity contribution in [1.29, 1.82) is 0 Å². The minimum atomic E-state index is -0.843. The Kier molecular flexibility index (Phi) is 6.61. The lowest BCUT2D eigenvalue weighted by molar-refractivity contribution is -0.135. The molecule has 1 fully saturated rings. The van der Waals surface area contributed by atoms with Gasteiger partial charge in [0.1, 0.15) is 6.54 Å². The van der Waals surface area contributed by atoms with Crippen molar-refractivity contribution in [3.05, 3.63) is 54.1 Å². The number of likely N-dealkylation sites (tertiary alicyclic amines) is 1. The molecule has 31 heavy (non-hydrogen) atoms. The Morgan fingerprint density at radius 3 is 2.61 bits per heavy atom. The number of amides is 3. The fourth-order valence-electron chi connectivity index (χ4n) is 4.03. The molecule has 0 spiro atoms. The van der Waals surface area contributed by atoms with Gasteiger partial charge in [0.15, 0.2) is 5.25 Å². The van der Waals surface area contributed by atoms with Crippen molar-refractivity contribution in [2.75, 3.05) is 29.9 Å². The molecule has 0 bridgehead atoms. The summed E-state index contributed by atoms with van der Waals surface area (Å²) in [6.45, 7) is 3.32. The van der Waals surface area contributed by atoms with Crippen LogP contribution in [0.3, 0.4) is 0 Å². The van der Waals surface area contributed by atoms with E-state index in [2.05, 4.69) is 12.2 Å². The molecule has 1 N–H and O–H groups in total. The van der Waals surface area contributed by atoms with E-state index in [1.54, 1.807) is 4.90 Å². The first-order valence-electron chi connectivity index (χ1n) is 10.8. The maximum Gasteiger partial charge on any atom is 0.250 e. The maximum absolute atomic E-state index is 13.3. The number of nitrogens with zero attached hydrogens (tertiary/aromatic N) is 2. The van der Waals surface area contributed by atoms with Crippen molar-refractivity contribution in [3.63, 3.8) is 0 Å². The zero-order valence-electron chi connectivity index (χ0n) is 17.7. The van der Waals surface area contributed by atoms with Crippen molar-refractivity contribution in [2.45, 2.75) is 42.8 Å². The molecule has 2 heterocycles. The van der Waals surface area contributed by atoms with Gasteiger partial charge in [-0.05, 0) is 55.5 Å². The van der Waals surface area contributed by atoms with Gasteiger partial charge in [-0.2, -0.15) is 0 Å². The quantitative estimate of drug-likeness (QED) is 0.724. The Morgan fingerprint density at radius 1 is 1.06 bits per heavy atom. The van der Waals surface area contributed by atoms with Crippen LogP contribution < -0.4 is 10.2 Å². The van der Waals surface area contributed by atoms with Crippen molar-refractivity contribution in [2.24, 2.45) is 0 Å². The number of carbonyl (C=O) groups excluding carboxylic acids is 3. The van der Waals surface area contributed by atoms with E-state index in [0.29, 0.717) is 24.5 Å². The molecule has 0 aromatic heterocycles. The summed E-state index contributed by atoms with van der Waals surface area (Å²) in [6, 6.07) is 15.1. The lowest BCUT2D eigenvalue weighted by atomic mass is 10.1. The first-order chi connectivity index (χ1) is 15.1. The highest BCUT2D eigenvalue weighted by Gasteiger charge is 2.40. The molecule has 4 rings (SSSR count). The van der Waals surface area contributed by atoms with Crippen LogP contribution >= 0.6 is 11.8 Å². The van der Waals surface area contributed by atoms with Gasteiger partial charge in [-0.3, -0.25) is 14.4 Å². The predicted octanol–water partition coefficient (Wildman–Crippen LogP) is 3.71. The molecule has 1 saturated heterocycles. The Morgan fingerprint density at radius 2 is 1.84 bits per heavy atom. The second kappa shape index (κ2) is 9.56. The largest absolute Gasteiger partial charge is 0.341 e. The third-order valence-electron chi connectivity index (χ3n) is 5.70. The Bertz CT molecular complexity index is 988. The Labute approximate surface area is 187 Å². The van der Waals surface area contributed by atoms with Gasteiger partial charge in [-0.15, -0.1) is 11.8 Å². The average molecular weight is 438 g/mol. The van der Waals surface area contributed by atoms with Crippen LogP contribution in [0, 0.1) is 0 Å². The van der Waals surface area contributed by atoms with Crippen LogP contribution in [0.2, 0.25) is 0 Å². The number of nitrogens with one attached hydrogen (secondary N) is 1. The minimum Gasteiger partial charge on any atom is -0.341 e. The molecule has 2 aliphatic heterocycles. The molecule has 2 aromatic carbocycles. The van der Waals surface area contributed by atoms with Gasteiger partial charge < -0.3 is 15.1 Å². The molecule has 162 valence electrons. The van der Waals surface area contributed by atoms with Gasteiger partial charge in [0.05, 0.1) is 5.69 Å². The van der Waals surface area contributed by atoms with Gasteiger partial charge >= 0.3 is 0 Å². The molecule has 6 nitrogen and oxygen atoms in total. The first kappa shape index (κ1) is 21.4. The van der Waals surface area contributed by atoms with Crippen LogP contribution in [-0.2, 0) is 20.8 Å². The molecular formula is C24H27N3O3S. The Balaban J connectivity index is 1.54. The zero-order valence-corrected chi connectivity index (χ0v) is 18.5. The van der Waals surface area contributed by atoms with Gasteiger partial charge in [0, 0.05) is 23.7 Å². The summed E-state index contributed by atoms with van der Waals surface area (Å²) in [5, 5.41) is 2.04. The number of hydrogen-bond acceptors (Lipinski definition) is 4. The second-order valence-electron chi connectivity index (χ2n) is 7.88. The lowest BCUT2D eigenvalue weighted by Gasteiger charge is -2.36. The van der Waals surface area contributed by atoms with Gasteiger partial charge in [0.25, 0.3) is 5.91 Å². The maximum atomic E-state index is 13.3. The number of rotatable bonds is 5. The molecule has 3 amide bonds. The molecule has 0 saturated carbocycles. The lowest BCUT2D eigenvalue weighted by Crippen LogP contribution is -2.52. The molecule has 0 radical (unpaired) electrons. The summed E-state index contributed by atoms with van der Waals surface area (Å²) in [7, 11) is 0. The van der Waals surface area contributed by atoms with Gasteiger partial charge in [-0.25, -0.2) is 0 Å². The van der Waals surface area contributed by atoms with Crippen LogP contribution in [0.5, 0.6) is 0 Å². The molecule has 2 aromatic rings. The smallest absolute Gasteiger partial charge is 0.250 e. The van der Waals surface area contributed by atoms with E-state index < -0.39 is 5.25 Å². The average Bonchev–Trinajstić information content (AvgIpc) is 2.81. The monoisotopic (exact) mass is 437 g/mol. The number of piperidine rings is 1. The van der Waals surface area contributed by atoms with Crippen LogP contribution in [0.25, 0.3) is 0 Å². The summed E-state index contributed by atoms with van der Waals surface area (Å²) >= 11 is 1.29. The fourth-order valence-corrected chi connectivity index (χ4v) is 5.22. The van der Waals surface area contributed by atoms with E-state index >= 15 is 0 Å². The number of hydrogen-bond donors (Lipinski definition) is 1. The van der Waals surface area contributed by atoms with E-state index in [1.807, 2.05) is 48.5 Å². The molecule has 2 aliphatic rings. The third-order valence-corrected chi connectivity index (χ3v) is 6.94. The highest BCUT2D eigenvalue weighted by Crippen LogP contribution is 2.40. The summed E-state index contributed by atoms with van der Waals surface area (Å²) in [5.41, 5.74) is 2.51. The topological polar surface area (TPSA) is 69.7 Å². The van der Waals surface area contributed by atoms with Gasteiger partial charge in [-0.1, -0.05) is 31.2 Å². The number of carbonyl (C=O) groups is 3. The number of fused-ring (bicyclic) bond motifs is 1. The number of thioether (sulfide) groups is 1. The van der Waals surface area contributed by atoms with Crippen LogP contribution in [-0.4, -0.2) is 47.5 Å². The molecule has 7 heteroatoms. The molecule has 1 unspecified atom stereocenters. The highest BCUT2D eigenvalue weighted by molar-refractivity contribution is 8.01. The zero-order chi connectivity index (χ0) is 21.8. The van der Waals surface area contributed by atoms with E-state index in [1.165, 1.54) is 16.7 Å². The summed E-state index contributed by atoms with van der Waals surface area (Å²) in [6.07, 6.45) is 3.93. The van der Waals surface area contributed by atoms with Crippen LogP contribution in [0.4, 0.5) is 11.4 Å². The number of aryl methyl sites for hydroxylation is 1. The van der Waals surface area contributed by atoms with Crippen molar-refractivity contribution >= 4 is 40.9 Å². The first-order valence-corrected chi connectivity index (χ1v) is 11.7. The standard InChI is InChI=1S/C24H27N3O3S/c1-2-17-9-8-10-18(15-17)25-21(28)16-27-19-11-4-5-12-20(19)31-22(24(27)30)23(29)26-13-6-3-7-14-26/h4-5,8-12,15,22H,2-3,6-7,13-14,16H2,1H3,(H,25,28). The Hall–Kier alpha value is -2.80. The van der Waals surface area contributed by atoms with E-state index in [-0.39, 0.29) is 24.3 Å². The normalized spacial score (nSPS) is 18.5. The predicted molar refractivity (Wildman–Crippen MR) is 123 cm³/mol. The van der Waals surface area contributed by atoms with Crippen molar-refractivity contribution in [3.8, 4) is 0 Å². The van der Waals surface area contributed by atoms with E-state index in [0.717, 1.165) is 36.1 Å². The molecule has 0 aliphatic carbocycles. The highest BCUT2D eigenvalue weighted by atomic mass is 32.2. The number of anilines is 2. The summed E-state index contributed by atoms with van der Waals surface area (Å²) in [5.74, 6) is -0.755. The minimum absolute atomic E-state index is 0.128. The van der Waals surface area contributed by atoms with Crippen LogP contribution in [0.1, 0.15) is 31.7 Å².